The van der Waals surface area contributed by atoms with E-state index in [2.05, 4.69) is 11.9 Å². The highest BCUT2D eigenvalue weighted by Crippen LogP contribution is 2.27. The van der Waals surface area contributed by atoms with Crippen molar-refractivity contribution < 1.29 is 0 Å². The molecule has 1 heterocycles. The number of anilines is 1. The van der Waals surface area contributed by atoms with Gasteiger partial charge >= 0.3 is 0 Å². The number of pyridine rings is 1. The molecule has 4 heteroatoms. The van der Waals surface area contributed by atoms with Gasteiger partial charge in [-0.3, -0.25) is 0 Å². The predicted molar refractivity (Wildman–Crippen MR) is 55.5 cm³/mol. The van der Waals surface area contributed by atoms with Crippen molar-refractivity contribution in [2.75, 3.05) is 5.73 Å². The lowest BCUT2D eigenvalue weighted by Crippen LogP contribution is -2.13. The highest BCUT2D eigenvalue weighted by Gasteiger charge is 2.13. The molecule has 0 saturated heterocycles. The third-order valence-corrected chi connectivity index (χ3v) is 2.25. The summed E-state index contributed by atoms with van der Waals surface area (Å²) in [7, 11) is 0. The Hall–Kier alpha value is -0.800. The van der Waals surface area contributed by atoms with E-state index in [4.69, 9.17) is 23.1 Å². The van der Waals surface area contributed by atoms with Gasteiger partial charge < -0.3 is 11.5 Å². The zero-order valence-corrected chi connectivity index (χ0v) is 8.38. The third kappa shape index (κ3) is 2.32. The molecule has 1 aromatic rings. The van der Waals surface area contributed by atoms with E-state index in [0.29, 0.717) is 10.8 Å². The smallest absolute Gasteiger partial charge is 0.135 e. The maximum absolute atomic E-state index is 5.90. The Labute approximate surface area is 83.1 Å². The number of nitrogens with zero attached hydrogens (tertiary/aromatic N) is 1. The SMILES string of the molecule is CCC[C@@H](N)c1c(N)ccnc1Cl. The van der Waals surface area contributed by atoms with Crippen molar-refractivity contribution in [2.45, 2.75) is 25.8 Å². The molecule has 0 aliphatic rings. The average Bonchev–Trinajstić information content (AvgIpc) is 2.04. The number of nitrogen functional groups attached to an aromatic ring is 1. The number of halogens is 1. The summed E-state index contributed by atoms with van der Waals surface area (Å²) in [5.74, 6) is 0. The van der Waals surface area contributed by atoms with Gasteiger partial charge in [-0.25, -0.2) is 4.98 Å². The Bertz CT molecular complexity index is 268. The summed E-state index contributed by atoms with van der Waals surface area (Å²) < 4.78 is 0. The molecule has 4 N–H and O–H groups in total. The lowest BCUT2D eigenvalue weighted by Gasteiger charge is -2.13. The molecular weight excluding hydrogens is 186 g/mol. The summed E-state index contributed by atoms with van der Waals surface area (Å²) in [6.07, 6.45) is 3.46. The molecule has 0 aliphatic heterocycles. The number of hydrogen-bond acceptors (Lipinski definition) is 3. The fourth-order valence-electron chi connectivity index (χ4n) is 1.28. The van der Waals surface area contributed by atoms with Gasteiger partial charge in [0.15, 0.2) is 0 Å². The maximum Gasteiger partial charge on any atom is 0.135 e. The monoisotopic (exact) mass is 199 g/mol. The molecule has 1 aromatic heterocycles. The summed E-state index contributed by atoms with van der Waals surface area (Å²) >= 11 is 5.89. The van der Waals surface area contributed by atoms with Gasteiger partial charge in [0.2, 0.25) is 0 Å². The number of nitrogens with two attached hydrogens (primary N) is 2. The van der Waals surface area contributed by atoms with Crippen LogP contribution in [0.3, 0.4) is 0 Å². The van der Waals surface area contributed by atoms with Crippen molar-refractivity contribution in [3.05, 3.63) is 23.0 Å². The third-order valence-electron chi connectivity index (χ3n) is 1.95. The van der Waals surface area contributed by atoms with Crippen LogP contribution >= 0.6 is 11.6 Å². The topological polar surface area (TPSA) is 64.9 Å². The minimum atomic E-state index is -0.105. The van der Waals surface area contributed by atoms with Gasteiger partial charge in [-0.1, -0.05) is 24.9 Å². The van der Waals surface area contributed by atoms with E-state index in [1.807, 2.05) is 0 Å². The van der Waals surface area contributed by atoms with Crippen molar-refractivity contribution in [3.8, 4) is 0 Å². The lowest BCUT2D eigenvalue weighted by molar-refractivity contribution is 0.638. The second kappa shape index (κ2) is 4.44. The van der Waals surface area contributed by atoms with E-state index in [1.165, 1.54) is 0 Å². The summed E-state index contributed by atoms with van der Waals surface area (Å²) in [5.41, 5.74) is 13.0. The van der Waals surface area contributed by atoms with Crippen molar-refractivity contribution in [3.63, 3.8) is 0 Å². The molecule has 0 fully saturated rings. The van der Waals surface area contributed by atoms with Gasteiger partial charge in [-0.05, 0) is 12.5 Å². The van der Waals surface area contributed by atoms with Crippen LogP contribution < -0.4 is 11.5 Å². The summed E-state index contributed by atoms with van der Waals surface area (Å²) in [6.45, 7) is 2.07. The number of hydrogen-bond donors (Lipinski definition) is 2. The van der Waals surface area contributed by atoms with E-state index in [1.54, 1.807) is 12.3 Å². The Morgan fingerprint density at radius 2 is 2.31 bits per heavy atom. The summed E-state index contributed by atoms with van der Waals surface area (Å²) in [5, 5.41) is 0.418. The van der Waals surface area contributed by atoms with Gasteiger partial charge in [0.05, 0.1) is 0 Å². The average molecular weight is 200 g/mol. The molecule has 1 rings (SSSR count). The van der Waals surface area contributed by atoms with E-state index in [9.17, 15) is 0 Å². The molecule has 0 unspecified atom stereocenters. The molecule has 0 radical (unpaired) electrons. The van der Waals surface area contributed by atoms with Crippen LogP contribution in [0.1, 0.15) is 31.4 Å². The zero-order valence-electron chi connectivity index (χ0n) is 7.63. The molecule has 0 aliphatic carbocycles. The van der Waals surface area contributed by atoms with Crippen LogP contribution in [0.4, 0.5) is 5.69 Å². The highest BCUT2D eigenvalue weighted by atomic mass is 35.5. The molecule has 0 aromatic carbocycles. The largest absolute Gasteiger partial charge is 0.398 e. The molecule has 1 atom stereocenters. The highest BCUT2D eigenvalue weighted by molar-refractivity contribution is 6.30. The molecule has 3 nitrogen and oxygen atoms in total. The van der Waals surface area contributed by atoms with E-state index < -0.39 is 0 Å². The van der Waals surface area contributed by atoms with Crippen LogP contribution in [0, 0.1) is 0 Å². The molecule has 0 saturated carbocycles. The predicted octanol–water partition coefficient (Wildman–Crippen LogP) is 2.12. The molecule has 0 spiro atoms. The van der Waals surface area contributed by atoms with Gasteiger partial charge in [0.25, 0.3) is 0 Å². The minimum Gasteiger partial charge on any atom is -0.398 e. The Balaban J connectivity index is 2.98. The van der Waals surface area contributed by atoms with Crippen LogP contribution in [-0.4, -0.2) is 4.98 Å². The van der Waals surface area contributed by atoms with Gasteiger partial charge in [-0.15, -0.1) is 0 Å². The Kier molecular flexibility index (Phi) is 3.51. The minimum absolute atomic E-state index is 0.105. The number of rotatable bonds is 3. The zero-order chi connectivity index (χ0) is 9.84. The quantitative estimate of drug-likeness (QED) is 0.733. The van der Waals surface area contributed by atoms with Crippen LogP contribution in [-0.2, 0) is 0 Å². The second-order valence-corrected chi connectivity index (χ2v) is 3.36. The Morgan fingerprint density at radius 1 is 1.62 bits per heavy atom. The Morgan fingerprint density at radius 3 is 2.85 bits per heavy atom. The second-order valence-electron chi connectivity index (χ2n) is 3.00. The van der Waals surface area contributed by atoms with Gasteiger partial charge in [-0.2, -0.15) is 0 Å². The molecule has 72 valence electrons. The maximum atomic E-state index is 5.90. The summed E-state index contributed by atoms with van der Waals surface area (Å²) in [4.78, 5) is 3.95. The fourth-order valence-corrected chi connectivity index (χ4v) is 1.59. The fraction of sp³-hybridized carbons (Fsp3) is 0.444. The normalized spacial score (nSPS) is 12.8. The van der Waals surface area contributed by atoms with Crippen molar-refractivity contribution in [1.82, 2.24) is 4.98 Å². The van der Waals surface area contributed by atoms with Crippen LogP contribution in [0.5, 0.6) is 0 Å². The molecular formula is C9H14ClN3. The van der Waals surface area contributed by atoms with Crippen LogP contribution in [0.25, 0.3) is 0 Å². The van der Waals surface area contributed by atoms with Crippen molar-refractivity contribution in [1.29, 1.82) is 0 Å². The first-order valence-electron chi connectivity index (χ1n) is 4.32. The molecule has 13 heavy (non-hydrogen) atoms. The van der Waals surface area contributed by atoms with E-state index in [0.717, 1.165) is 18.4 Å². The summed E-state index contributed by atoms with van der Waals surface area (Å²) in [6, 6.07) is 1.61. The lowest BCUT2D eigenvalue weighted by atomic mass is 10.0. The van der Waals surface area contributed by atoms with Gasteiger partial charge in [0.1, 0.15) is 5.15 Å². The first-order valence-corrected chi connectivity index (χ1v) is 4.70. The van der Waals surface area contributed by atoms with Crippen molar-refractivity contribution in [2.24, 2.45) is 5.73 Å². The molecule has 0 bridgehead atoms. The molecule has 0 amide bonds. The van der Waals surface area contributed by atoms with Crippen LogP contribution in [0.15, 0.2) is 12.3 Å². The van der Waals surface area contributed by atoms with Crippen LogP contribution in [0.2, 0.25) is 5.15 Å². The van der Waals surface area contributed by atoms with E-state index >= 15 is 0 Å². The number of aromatic nitrogens is 1. The standard InChI is InChI=1S/C9H14ClN3/c1-2-3-6(11)8-7(12)4-5-13-9(8)10/h4-6H,2-3,11H2,1H3,(H2,12,13)/t6-/m1/s1. The van der Waals surface area contributed by atoms with Gasteiger partial charge in [0, 0.05) is 23.5 Å². The van der Waals surface area contributed by atoms with E-state index in [-0.39, 0.29) is 6.04 Å². The first kappa shape index (κ1) is 10.3. The van der Waals surface area contributed by atoms with Crippen molar-refractivity contribution >= 4 is 17.3 Å². The first-order chi connectivity index (χ1) is 6.16.